The molecule has 0 aromatic carbocycles. The quantitative estimate of drug-likeness (QED) is 0.944. The number of nitrogens with two attached hydrogens (primary N) is 1. The van der Waals surface area contributed by atoms with Crippen molar-refractivity contribution in [3.63, 3.8) is 0 Å². The van der Waals surface area contributed by atoms with Crippen LogP contribution >= 0.6 is 22.9 Å². The Morgan fingerprint density at radius 1 is 1.16 bits per heavy atom. The summed E-state index contributed by atoms with van der Waals surface area (Å²) in [4.78, 5) is 9.32. The maximum Gasteiger partial charge on any atom is 0.200 e. The average molecular weight is 294 g/mol. The summed E-state index contributed by atoms with van der Waals surface area (Å²) in [7, 11) is 0. The Morgan fingerprint density at radius 3 is 2.63 bits per heavy atom. The third kappa shape index (κ3) is 3.32. The molecule has 19 heavy (non-hydrogen) atoms. The van der Waals surface area contributed by atoms with E-state index in [1.165, 1.54) is 55.2 Å². The summed E-state index contributed by atoms with van der Waals surface area (Å²) in [5.74, 6) is 0.773. The fraction of sp³-hybridized carbons (Fsp3) is 0.538. The van der Waals surface area contributed by atoms with Crippen molar-refractivity contribution in [2.24, 2.45) is 0 Å². The second-order valence-electron chi connectivity index (χ2n) is 4.91. The number of anilines is 1. The van der Waals surface area contributed by atoms with Crippen LogP contribution in [-0.2, 0) is 6.54 Å². The normalized spacial score (nSPS) is 17.5. The van der Waals surface area contributed by atoms with Gasteiger partial charge in [0.25, 0.3) is 0 Å². The van der Waals surface area contributed by atoms with Crippen LogP contribution in [0.3, 0.4) is 0 Å². The van der Waals surface area contributed by atoms with Gasteiger partial charge in [-0.2, -0.15) is 9.36 Å². The standard InChI is InChI=1S/C13H18N4S2/c14-13-15-12(16-19-13)11-6-5-10(18-11)9-17-7-3-1-2-4-8-17/h5-6H,1-4,7-9H2,(H2,14,15,16). The molecule has 0 saturated carbocycles. The van der Waals surface area contributed by atoms with Gasteiger partial charge < -0.3 is 5.73 Å². The van der Waals surface area contributed by atoms with Crippen LogP contribution < -0.4 is 5.73 Å². The van der Waals surface area contributed by atoms with Crippen molar-refractivity contribution in [3.8, 4) is 10.7 Å². The van der Waals surface area contributed by atoms with E-state index in [0.29, 0.717) is 5.13 Å². The first-order valence-electron chi connectivity index (χ1n) is 6.72. The van der Waals surface area contributed by atoms with Gasteiger partial charge >= 0.3 is 0 Å². The number of rotatable bonds is 3. The van der Waals surface area contributed by atoms with Gasteiger partial charge in [-0.15, -0.1) is 11.3 Å². The molecular weight excluding hydrogens is 276 g/mol. The van der Waals surface area contributed by atoms with Crippen LogP contribution in [0.2, 0.25) is 0 Å². The molecule has 2 aromatic rings. The molecule has 0 aliphatic carbocycles. The number of thiophene rings is 1. The Hall–Kier alpha value is -0.980. The van der Waals surface area contributed by atoms with Crippen molar-refractivity contribution in [2.45, 2.75) is 32.2 Å². The number of likely N-dealkylation sites (tertiary alicyclic amines) is 1. The van der Waals surface area contributed by atoms with E-state index in [1.54, 1.807) is 11.3 Å². The summed E-state index contributed by atoms with van der Waals surface area (Å²) in [6.07, 6.45) is 5.44. The maximum absolute atomic E-state index is 5.63. The molecule has 1 aliphatic rings. The highest BCUT2D eigenvalue weighted by atomic mass is 32.1. The highest BCUT2D eigenvalue weighted by Gasteiger charge is 2.12. The SMILES string of the molecule is Nc1nc(-c2ccc(CN3CCCCCC3)s2)ns1. The van der Waals surface area contributed by atoms with E-state index in [-0.39, 0.29) is 0 Å². The molecule has 6 heteroatoms. The van der Waals surface area contributed by atoms with Gasteiger partial charge in [-0.05, 0) is 38.1 Å². The Kier molecular flexibility index (Phi) is 4.10. The molecule has 102 valence electrons. The van der Waals surface area contributed by atoms with Crippen LogP contribution in [-0.4, -0.2) is 27.3 Å². The molecule has 0 radical (unpaired) electrons. The zero-order chi connectivity index (χ0) is 13.1. The van der Waals surface area contributed by atoms with Gasteiger partial charge in [-0.3, -0.25) is 4.90 Å². The number of hydrogen-bond acceptors (Lipinski definition) is 6. The van der Waals surface area contributed by atoms with Gasteiger partial charge in [0.05, 0.1) is 4.88 Å². The summed E-state index contributed by atoms with van der Waals surface area (Å²) >= 11 is 3.04. The Balaban J connectivity index is 1.67. The first-order chi connectivity index (χ1) is 9.31. The first kappa shape index (κ1) is 13.0. The van der Waals surface area contributed by atoms with Gasteiger partial charge in [-0.25, -0.2) is 0 Å². The zero-order valence-corrected chi connectivity index (χ0v) is 12.5. The Labute approximate surface area is 121 Å². The Bertz CT molecular complexity index is 526. The fourth-order valence-corrected chi connectivity index (χ4v) is 3.92. The highest BCUT2D eigenvalue weighted by Crippen LogP contribution is 2.28. The molecule has 0 atom stereocenters. The van der Waals surface area contributed by atoms with Gasteiger partial charge in [0, 0.05) is 23.0 Å². The topological polar surface area (TPSA) is 55.0 Å². The van der Waals surface area contributed by atoms with Crippen LogP contribution in [0.5, 0.6) is 0 Å². The number of aromatic nitrogens is 2. The van der Waals surface area contributed by atoms with E-state index in [9.17, 15) is 0 Å². The van der Waals surface area contributed by atoms with Gasteiger partial charge in [0.1, 0.15) is 0 Å². The van der Waals surface area contributed by atoms with E-state index < -0.39 is 0 Å². The lowest BCUT2D eigenvalue weighted by atomic mass is 10.2. The lowest BCUT2D eigenvalue weighted by Crippen LogP contribution is -2.23. The van der Waals surface area contributed by atoms with E-state index >= 15 is 0 Å². The summed E-state index contributed by atoms with van der Waals surface area (Å²) in [6.45, 7) is 3.52. The predicted octanol–water partition coefficient (Wildman–Crippen LogP) is 3.22. The molecule has 0 unspecified atom stereocenters. The molecule has 2 aromatic heterocycles. The highest BCUT2D eigenvalue weighted by molar-refractivity contribution is 7.15. The molecule has 1 aliphatic heterocycles. The van der Waals surface area contributed by atoms with Gasteiger partial charge in [0.2, 0.25) is 0 Å². The molecule has 4 nitrogen and oxygen atoms in total. The van der Waals surface area contributed by atoms with Crippen molar-refractivity contribution >= 4 is 28.0 Å². The zero-order valence-electron chi connectivity index (χ0n) is 10.8. The number of hydrogen-bond donors (Lipinski definition) is 1. The molecule has 0 bridgehead atoms. The van der Waals surface area contributed by atoms with E-state index in [4.69, 9.17) is 5.73 Å². The largest absolute Gasteiger partial charge is 0.374 e. The summed E-state index contributed by atoms with van der Waals surface area (Å²) < 4.78 is 4.26. The molecule has 3 heterocycles. The smallest absolute Gasteiger partial charge is 0.200 e. The van der Waals surface area contributed by atoms with Crippen LogP contribution in [0.15, 0.2) is 12.1 Å². The molecule has 1 saturated heterocycles. The lowest BCUT2D eigenvalue weighted by molar-refractivity contribution is 0.279. The number of nitrogen functional groups attached to an aromatic ring is 1. The molecular formula is C13H18N4S2. The Morgan fingerprint density at radius 2 is 1.95 bits per heavy atom. The molecule has 1 fully saturated rings. The molecule has 2 N–H and O–H groups in total. The molecule has 0 amide bonds. The van der Waals surface area contributed by atoms with Crippen LogP contribution in [0.25, 0.3) is 10.7 Å². The average Bonchev–Trinajstić information content (AvgIpc) is 2.94. The fourth-order valence-electron chi connectivity index (χ4n) is 2.43. The summed E-state index contributed by atoms with van der Waals surface area (Å²) in [5.41, 5.74) is 5.63. The minimum Gasteiger partial charge on any atom is -0.374 e. The first-order valence-corrected chi connectivity index (χ1v) is 8.31. The minimum absolute atomic E-state index is 0.539. The second-order valence-corrected chi connectivity index (χ2v) is 6.86. The van der Waals surface area contributed by atoms with E-state index in [0.717, 1.165) is 17.2 Å². The van der Waals surface area contributed by atoms with Crippen LogP contribution in [0.1, 0.15) is 30.6 Å². The van der Waals surface area contributed by atoms with Crippen molar-refractivity contribution in [3.05, 3.63) is 17.0 Å². The second kappa shape index (κ2) is 5.98. The minimum atomic E-state index is 0.539. The maximum atomic E-state index is 5.63. The van der Waals surface area contributed by atoms with E-state index in [1.807, 2.05) is 0 Å². The van der Waals surface area contributed by atoms with Crippen molar-refractivity contribution in [2.75, 3.05) is 18.8 Å². The summed E-state index contributed by atoms with van der Waals surface area (Å²) in [6, 6.07) is 4.31. The van der Waals surface area contributed by atoms with Gasteiger partial charge in [0.15, 0.2) is 11.0 Å². The third-order valence-electron chi connectivity index (χ3n) is 3.40. The van der Waals surface area contributed by atoms with Crippen molar-refractivity contribution in [1.82, 2.24) is 14.3 Å². The van der Waals surface area contributed by atoms with Crippen LogP contribution in [0.4, 0.5) is 5.13 Å². The van der Waals surface area contributed by atoms with Gasteiger partial charge in [-0.1, -0.05) is 12.8 Å². The lowest BCUT2D eigenvalue weighted by Gasteiger charge is -2.18. The van der Waals surface area contributed by atoms with Crippen molar-refractivity contribution in [1.29, 1.82) is 0 Å². The molecule has 0 spiro atoms. The third-order valence-corrected chi connectivity index (χ3v) is 5.01. The van der Waals surface area contributed by atoms with Crippen molar-refractivity contribution < 1.29 is 0 Å². The predicted molar refractivity (Wildman–Crippen MR) is 81.4 cm³/mol. The molecule has 3 rings (SSSR count). The van der Waals surface area contributed by atoms with E-state index in [2.05, 4.69) is 26.4 Å². The number of nitrogens with zero attached hydrogens (tertiary/aromatic N) is 3. The summed E-state index contributed by atoms with van der Waals surface area (Å²) in [5, 5.41) is 0.539. The van der Waals surface area contributed by atoms with Crippen LogP contribution in [0, 0.1) is 0 Å². The monoisotopic (exact) mass is 294 g/mol.